The third-order valence-electron chi connectivity index (χ3n) is 4.77. The van der Waals surface area contributed by atoms with E-state index in [1.54, 1.807) is 66.4 Å². The maximum absolute atomic E-state index is 12.7. The highest BCUT2D eigenvalue weighted by Crippen LogP contribution is 2.18. The molecule has 3 rings (SSSR count). The predicted octanol–water partition coefficient (Wildman–Crippen LogP) is 1.99. The van der Waals surface area contributed by atoms with Crippen LogP contribution in [-0.2, 0) is 14.8 Å². The Morgan fingerprint density at radius 1 is 0.966 bits per heavy atom. The molecule has 7 nitrogen and oxygen atoms in total. The van der Waals surface area contributed by atoms with Crippen molar-refractivity contribution in [2.75, 3.05) is 26.2 Å². The van der Waals surface area contributed by atoms with Crippen LogP contribution in [0, 0.1) is 0 Å². The number of sulfonamides is 1. The summed E-state index contributed by atoms with van der Waals surface area (Å²) in [7, 11) is -3.58. The lowest BCUT2D eigenvalue weighted by atomic mass is 10.2. The van der Waals surface area contributed by atoms with Gasteiger partial charge >= 0.3 is 0 Å². The summed E-state index contributed by atoms with van der Waals surface area (Å²) in [5.74, 6) is -0.691. The first-order valence-electron chi connectivity index (χ1n) is 9.20. The van der Waals surface area contributed by atoms with E-state index in [2.05, 4.69) is 5.32 Å². The van der Waals surface area contributed by atoms with Gasteiger partial charge in [-0.2, -0.15) is 4.31 Å². The van der Waals surface area contributed by atoms with E-state index in [-0.39, 0.29) is 37.0 Å². The van der Waals surface area contributed by atoms with Gasteiger partial charge in [0.05, 0.1) is 15.5 Å². The fourth-order valence-electron chi connectivity index (χ4n) is 3.15. The molecule has 29 heavy (non-hydrogen) atoms. The normalized spacial score (nSPS) is 16.3. The van der Waals surface area contributed by atoms with Crippen molar-refractivity contribution in [3.63, 3.8) is 0 Å². The number of rotatable bonds is 5. The molecule has 1 heterocycles. The molecule has 0 bridgehead atoms. The van der Waals surface area contributed by atoms with E-state index in [9.17, 15) is 18.0 Å². The molecule has 1 fully saturated rings. The summed E-state index contributed by atoms with van der Waals surface area (Å²) >= 11 is 6.02. The van der Waals surface area contributed by atoms with Crippen LogP contribution in [0.3, 0.4) is 0 Å². The lowest BCUT2D eigenvalue weighted by Crippen LogP contribution is -2.55. The Kier molecular flexibility index (Phi) is 6.56. The van der Waals surface area contributed by atoms with Crippen LogP contribution < -0.4 is 5.32 Å². The van der Waals surface area contributed by atoms with E-state index in [0.29, 0.717) is 10.6 Å². The first kappa shape index (κ1) is 21.3. The van der Waals surface area contributed by atoms with Gasteiger partial charge in [0.1, 0.15) is 6.04 Å². The van der Waals surface area contributed by atoms with E-state index in [1.807, 2.05) is 0 Å². The van der Waals surface area contributed by atoms with Crippen LogP contribution in [0.4, 0.5) is 0 Å². The summed E-state index contributed by atoms with van der Waals surface area (Å²) in [5, 5.41) is 2.96. The molecule has 0 spiro atoms. The van der Waals surface area contributed by atoms with Crippen LogP contribution in [0.15, 0.2) is 59.5 Å². The van der Waals surface area contributed by atoms with E-state index in [1.165, 1.54) is 4.31 Å². The van der Waals surface area contributed by atoms with Gasteiger partial charge in [0.2, 0.25) is 15.9 Å². The third kappa shape index (κ3) is 4.77. The topological polar surface area (TPSA) is 86.8 Å². The number of nitrogens with one attached hydrogen (secondary N) is 1. The maximum Gasteiger partial charge on any atom is 0.253 e. The van der Waals surface area contributed by atoms with Gasteiger partial charge < -0.3 is 10.2 Å². The zero-order chi connectivity index (χ0) is 21.0. The Hall–Kier alpha value is -2.42. The number of hydrogen-bond donors (Lipinski definition) is 1. The van der Waals surface area contributed by atoms with Gasteiger partial charge in [0, 0.05) is 26.2 Å². The average Bonchev–Trinajstić information content (AvgIpc) is 2.74. The first-order chi connectivity index (χ1) is 13.8. The molecule has 1 N–H and O–H groups in total. The SMILES string of the molecule is CC(NC(=O)c1ccccc1Cl)C(=O)N1CCN(S(=O)(=O)c2ccccc2)CC1. The summed E-state index contributed by atoms with van der Waals surface area (Å²) < 4.78 is 26.7. The van der Waals surface area contributed by atoms with Gasteiger partial charge in [-0.1, -0.05) is 41.9 Å². The van der Waals surface area contributed by atoms with Gasteiger partial charge in [0.25, 0.3) is 5.91 Å². The molecule has 9 heteroatoms. The Labute approximate surface area is 175 Å². The van der Waals surface area contributed by atoms with Crippen LogP contribution in [0.2, 0.25) is 5.02 Å². The minimum Gasteiger partial charge on any atom is -0.340 e. The van der Waals surface area contributed by atoms with E-state index in [0.717, 1.165) is 0 Å². The van der Waals surface area contributed by atoms with Crippen molar-refractivity contribution in [2.24, 2.45) is 0 Å². The van der Waals surface area contributed by atoms with Crippen molar-refractivity contribution < 1.29 is 18.0 Å². The smallest absolute Gasteiger partial charge is 0.253 e. The summed E-state index contributed by atoms with van der Waals surface area (Å²) in [4.78, 5) is 26.8. The zero-order valence-corrected chi connectivity index (χ0v) is 17.5. The van der Waals surface area contributed by atoms with Crippen molar-refractivity contribution in [1.29, 1.82) is 0 Å². The number of piperazine rings is 1. The van der Waals surface area contributed by atoms with E-state index < -0.39 is 22.0 Å². The largest absolute Gasteiger partial charge is 0.340 e. The molecule has 0 radical (unpaired) electrons. The zero-order valence-electron chi connectivity index (χ0n) is 15.9. The number of benzene rings is 2. The minimum atomic E-state index is -3.58. The lowest BCUT2D eigenvalue weighted by Gasteiger charge is -2.35. The second kappa shape index (κ2) is 8.94. The molecule has 2 aromatic rings. The van der Waals surface area contributed by atoms with Crippen LogP contribution in [0.1, 0.15) is 17.3 Å². The van der Waals surface area contributed by atoms with Crippen molar-refractivity contribution in [2.45, 2.75) is 17.9 Å². The number of hydrogen-bond acceptors (Lipinski definition) is 4. The molecule has 1 unspecified atom stereocenters. The second-order valence-corrected chi connectivity index (χ2v) is 9.06. The Morgan fingerprint density at radius 3 is 2.17 bits per heavy atom. The van der Waals surface area contributed by atoms with Crippen LogP contribution in [0.5, 0.6) is 0 Å². The molecule has 1 aliphatic rings. The molecule has 0 aliphatic carbocycles. The number of halogens is 1. The van der Waals surface area contributed by atoms with Crippen LogP contribution in [0.25, 0.3) is 0 Å². The van der Waals surface area contributed by atoms with Crippen LogP contribution in [-0.4, -0.2) is 61.7 Å². The summed E-state index contributed by atoms with van der Waals surface area (Å²) in [5.41, 5.74) is 0.299. The van der Waals surface area contributed by atoms with Gasteiger partial charge in [-0.3, -0.25) is 9.59 Å². The monoisotopic (exact) mass is 435 g/mol. The van der Waals surface area contributed by atoms with Gasteiger partial charge in [0.15, 0.2) is 0 Å². The number of nitrogens with zero attached hydrogens (tertiary/aromatic N) is 2. The fourth-order valence-corrected chi connectivity index (χ4v) is 4.81. The van der Waals surface area contributed by atoms with Gasteiger partial charge in [-0.05, 0) is 31.2 Å². The molecule has 2 aromatic carbocycles. The summed E-state index contributed by atoms with van der Waals surface area (Å²) in [6.45, 7) is 2.53. The maximum atomic E-state index is 12.7. The molecular formula is C20H22ClN3O4S. The number of amides is 2. The molecule has 1 aliphatic heterocycles. The third-order valence-corrected chi connectivity index (χ3v) is 7.01. The molecular weight excluding hydrogens is 414 g/mol. The molecule has 1 saturated heterocycles. The molecule has 154 valence electrons. The van der Waals surface area contributed by atoms with Gasteiger partial charge in [-0.25, -0.2) is 8.42 Å². The van der Waals surface area contributed by atoms with Crippen molar-refractivity contribution in [1.82, 2.24) is 14.5 Å². The number of carbonyl (C=O) groups is 2. The van der Waals surface area contributed by atoms with E-state index in [4.69, 9.17) is 11.6 Å². The second-order valence-electron chi connectivity index (χ2n) is 6.72. The van der Waals surface area contributed by atoms with Crippen LogP contribution >= 0.6 is 11.6 Å². The van der Waals surface area contributed by atoms with E-state index >= 15 is 0 Å². The highest BCUT2D eigenvalue weighted by atomic mass is 35.5. The van der Waals surface area contributed by atoms with Crippen molar-refractivity contribution in [3.8, 4) is 0 Å². The average molecular weight is 436 g/mol. The molecule has 0 aromatic heterocycles. The Morgan fingerprint density at radius 2 is 1.55 bits per heavy atom. The fraction of sp³-hybridized carbons (Fsp3) is 0.300. The first-order valence-corrected chi connectivity index (χ1v) is 11.0. The lowest BCUT2D eigenvalue weighted by molar-refractivity contribution is -0.134. The minimum absolute atomic E-state index is 0.203. The number of carbonyl (C=O) groups excluding carboxylic acids is 2. The molecule has 1 atom stereocenters. The Balaban J connectivity index is 1.58. The molecule has 2 amide bonds. The van der Waals surface area contributed by atoms with Crippen molar-refractivity contribution in [3.05, 3.63) is 65.2 Å². The van der Waals surface area contributed by atoms with Crippen molar-refractivity contribution >= 4 is 33.4 Å². The standard InChI is InChI=1S/C20H22ClN3O4S/c1-15(22-19(25)17-9-5-6-10-18(17)21)20(26)23-11-13-24(14-12-23)29(27,28)16-7-3-2-4-8-16/h2-10,15H,11-14H2,1H3,(H,22,25). The highest BCUT2D eigenvalue weighted by Gasteiger charge is 2.31. The highest BCUT2D eigenvalue weighted by molar-refractivity contribution is 7.89. The quantitative estimate of drug-likeness (QED) is 0.778. The summed E-state index contributed by atoms with van der Waals surface area (Å²) in [6, 6.07) is 14.1. The molecule has 0 saturated carbocycles. The Bertz CT molecular complexity index is 990. The summed E-state index contributed by atoms with van der Waals surface area (Å²) in [6.07, 6.45) is 0. The van der Waals surface area contributed by atoms with Gasteiger partial charge in [-0.15, -0.1) is 0 Å². The predicted molar refractivity (Wildman–Crippen MR) is 110 cm³/mol.